The van der Waals surface area contributed by atoms with Crippen LogP contribution in [-0.4, -0.2) is 17.6 Å². The normalized spacial score (nSPS) is 10.7. The van der Waals surface area contributed by atoms with E-state index in [4.69, 9.17) is 4.74 Å². The van der Waals surface area contributed by atoms with Crippen LogP contribution in [0.2, 0.25) is 0 Å². The molecule has 0 N–H and O–H groups in total. The van der Waals surface area contributed by atoms with Crippen LogP contribution in [0.4, 0.5) is 8.78 Å². The van der Waals surface area contributed by atoms with Crippen LogP contribution in [0, 0.1) is 11.9 Å². The minimum atomic E-state index is -1.02. The maximum absolute atomic E-state index is 12.9. The van der Waals surface area contributed by atoms with Crippen molar-refractivity contribution in [3.63, 3.8) is 0 Å². The van der Waals surface area contributed by atoms with Gasteiger partial charge in [-0.15, -0.1) is 0 Å². The third kappa shape index (κ3) is 9.26. The van der Waals surface area contributed by atoms with Gasteiger partial charge in [-0.1, -0.05) is 64.7 Å². The molecule has 0 spiro atoms. The smallest absolute Gasteiger partial charge is 0.338 e. The monoisotopic (exact) mass is 327 g/mol. The third-order valence-electron chi connectivity index (χ3n) is 3.73. The van der Waals surface area contributed by atoms with Crippen molar-refractivity contribution in [2.75, 3.05) is 6.61 Å². The molecule has 0 aliphatic rings. The summed E-state index contributed by atoms with van der Waals surface area (Å²) in [6, 6.07) is 1.76. The molecule has 3 nitrogen and oxygen atoms in total. The lowest BCUT2D eigenvalue weighted by atomic mass is 10.1. The zero-order valence-electron chi connectivity index (χ0n) is 14.0. The van der Waals surface area contributed by atoms with E-state index < -0.39 is 17.9 Å². The maximum Gasteiger partial charge on any atom is 0.338 e. The standard InChI is InChI=1S/C18H27F2NO2/c1-2-3-4-5-6-7-8-9-10-11-12-23-18(22)15-13-16(19)21-17(20)14-15/h13-14H,2-12H2,1H3. The highest BCUT2D eigenvalue weighted by molar-refractivity contribution is 5.89. The summed E-state index contributed by atoms with van der Waals surface area (Å²) >= 11 is 0. The van der Waals surface area contributed by atoms with Gasteiger partial charge < -0.3 is 4.74 Å². The largest absolute Gasteiger partial charge is 0.462 e. The second-order valence-corrected chi connectivity index (χ2v) is 5.82. The first-order chi connectivity index (χ1) is 11.1. The molecule has 0 unspecified atom stereocenters. The van der Waals surface area contributed by atoms with E-state index in [0.29, 0.717) is 0 Å². The van der Waals surface area contributed by atoms with Gasteiger partial charge in [0.2, 0.25) is 11.9 Å². The molecule has 0 saturated carbocycles. The van der Waals surface area contributed by atoms with Crippen LogP contribution < -0.4 is 0 Å². The summed E-state index contributed by atoms with van der Waals surface area (Å²) in [6.07, 6.45) is 11.9. The summed E-state index contributed by atoms with van der Waals surface area (Å²) in [7, 11) is 0. The first-order valence-corrected chi connectivity index (χ1v) is 8.63. The number of rotatable bonds is 12. The topological polar surface area (TPSA) is 39.2 Å². The number of halogens is 2. The predicted molar refractivity (Wildman–Crippen MR) is 86.3 cm³/mol. The number of nitrogens with zero attached hydrogens (tertiary/aromatic N) is 1. The Hall–Kier alpha value is -1.52. The molecule has 5 heteroatoms. The molecule has 0 aliphatic heterocycles. The van der Waals surface area contributed by atoms with Crippen LogP contribution in [0.3, 0.4) is 0 Å². The van der Waals surface area contributed by atoms with Gasteiger partial charge in [-0.3, -0.25) is 0 Å². The Balaban J connectivity index is 2.01. The molecular weight excluding hydrogens is 300 g/mol. The molecule has 0 fully saturated rings. The predicted octanol–water partition coefficient (Wildman–Crippen LogP) is 5.44. The molecule has 1 rings (SSSR count). The van der Waals surface area contributed by atoms with Crippen LogP contribution >= 0.6 is 0 Å². The van der Waals surface area contributed by atoms with Gasteiger partial charge in [0.1, 0.15) is 0 Å². The molecule has 1 aromatic heterocycles. The fourth-order valence-corrected chi connectivity index (χ4v) is 2.42. The van der Waals surface area contributed by atoms with E-state index in [9.17, 15) is 13.6 Å². The lowest BCUT2D eigenvalue weighted by Crippen LogP contribution is -2.08. The number of unbranched alkanes of at least 4 members (excludes halogenated alkanes) is 9. The fourth-order valence-electron chi connectivity index (χ4n) is 2.42. The lowest BCUT2D eigenvalue weighted by Gasteiger charge is -2.05. The molecular formula is C18H27F2NO2. The number of esters is 1. The Labute approximate surface area is 137 Å². The number of hydrogen-bond acceptors (Lipinski definition) is 3. The van der Waals surface area contributed by atoms with Gasteiger partial charge in [-0.25, -0.2) is 4.79 Å². The summed E-state index contributed by atoms with van der Waals surface area (Å²) in [5.74, 6) is -2.74. The van der Waals surface area contributed by atoms with Crippen molar-refractivity contribution in [3.8, 4) is 0 Å². The molecule has 0 aliphatic carbocycles. The number of pyridine rings is 1. The minimum absolute atomic E-state index is 0.137. The van der Waals surface area contributed by atoms with Gasteiger partial charge >= 0.3 is 5.97 Å². The molecule has 1 heterocycles. The van der Waals surface area contributed by atoms with Gasteiger partial charge in [-0.05, 0) is 6.42 Å². The Morgan fingerprint density at radius 1 is 0.913 bits per heavy atom. The van der Waals surface area contributed by atoms with Crippen LogP contribution in [-0.2, 0) is 4.74 Å². The average molecular weight is 327 g/mol. The Morgan fingerprint density at radius 3 is 1.91 bits per heavy atom. The number of carbonyl (C=O) groups is 1. The van der Waals surface area contributed by atoms with Crippen molar-refractivity contribution < 1.29 is 18.3 Å². The molecule has 0 radical (unpaired) electrons. The van der Waals surface area contributed by atoms with E-state index in [1.165, 1.54) is 44.9 Å². The van der Waals surface area contributed by atoms with Crippen LogP contribution in [0.15, 0.2) is 12.1 Å². The SMILES string of the molecule is CCCCCCCCCCCCOC(=O)c1cc(F)nc(F)c1. The van der Waals surface area contributed by atoms with E-state index in [1.54, 1.807) is 0 Å². The Morgan fingerprint density at radius 2 is 1.39 bits per heavy atom. The van der Waals surface area contributed by atoms with Gasteiger partial charge in [0.05, 0.1) is 12.2 Å². The van der Waals surface area contributed by atoms with Crippen molar-refractivity contribution in [3.05, 3.63) is 29.6 Å². The second-order valence-electron chi connectivity index (χ2n) is 5.82. The van der Waals surface area contributed by atoms with E-state index >= 15 is 0 Å². The van der Waals surface area contributed by atoms with Crippen LogP contribution in [0.1, 0.15) is 81.5 Å². The van der Waals surface area contributed by atoms with Gasteiger partial charge in [0.15, 0.2) is 0 Å². The fraction of sp³-hybridized carbons (Fsp3) is 0.667. The lowest BCUT2D eigenvalue weighted by molar-refractivity contribution is 0.0496. The zero-order valence-corrected chi connectivity index (χ0v) is 14.0. The van der Waals surface area contributed by atoms with Crippen molar-refractivity contribution in [2.24, 2.45) is 0 Å². The van der Waals surface area contributed by atoms with Gasteiger partial charge in [-0.2, -0.15) is 13.8 Å². The summed E-state index contributed by atoms with van der Waals surface area (Å²) in [4.78, 5) is 14.6. The highest BCUT2D eigenvalue weighted by atomic mass is 19.1. The summed E-state index contributed by atoms with van der Waals surface area (Å²) in [5, 5.41) is 0. The van der Waals surface area contributed by atoms with Gasteiger partial charge in [0.25, 0.3) is 0 Å². The summed E-state index contributed by atoms with van der Waals surface area (Å²) < 4.78 is 30.8. The molecule has 0 amide bonds. The van der Waals surface area contributed by atoms with E-state index in [0.717, 1.165) is 31.4 Å². The molecule has 1 aromatic rings. The second kappa shape index (κ2) is 12.0. The van der Waals surface area contributed by atoms with E-state index in [-0.39, 0.29) is 12.2 Å². The first-order valence-electron chi connectivity index (χ1n) is 8.63. The average Bonchev–Trinajstić information content (AvgIpc) is 2.51. The maximum atomic E-state index is 12.9. The van der Waals surface area contributed by atoms with Crippen molar-refractivity contribution >= 4 is 5.97 Å². The third-order valence-corrected chi connectivity index (χ3v) is 3.73. The zero-order chi connectivity index (χ0) is 16.9. The van der Waals surface area contributed by atoms with Gasteiger partial charge in [0, 0.05) is 12.1 Å². The quantitative estimate of drug-likeness (QED) is 0.291. The van der Waals surface area contributed by atoms with Crippen LogP contribution in [0.5, 0.6) is 0 Å². The molecule has 0 saturated heterocycles. The number of hydrogen-bond donors (Lipinski definition) is 0. The number of aromatic nitrogens is 1. The Kier molecular flexibility index (Phi) is 10.2. The van der Waals surface area contributed by atoms with E-state index in [2.05, 4.69) is 11.9 Å². The molecule has 130 valence electrons. The summed E-state index contributed by atoms with van der Waals surface area (Å²) in [6.45, 7) is 2.50. The number of carbonyl (C=O) groups excluding carboxylic acids is 1. The van der Waals surface area contributed by atoms with Crippen LogP contribution in [0.25, 0.3) is 0 Å². The minimum Gasteiger partial charge on any atom is -0.462 e. The molecule has 0 bridgehead atoms. The van der Waals surface area contributed by atoms with Crippen molar-refractivity contribution in [1.82, 2.24) is 4.98 Å². The van der Waals surface area contributed by atoms with Crippen molar-refractivity contribution in [2.45, 2.75) is 71.1 Å². The highest BCUT2D eigenvalue weighted by Gasteiger charge is 2.11. The molecule has 0 atom stereocenters. The molecule has 0 aromatic carbocycles. The van der Waals surface area contributed by atoms with Crippen molar-refractivity contribution in [1.29, 1.82) is 0 Å². The molecule has 23 heavy (non-hydrogen) atoms. The highest BCUT2D eigenvalue weighted by Crippen LogP contribution is 2.11. The first kappa shape index (κ1) is 19.5. The Bertz CT molecular complexity index is 446. The number of ether oxygens (including phenoxy) is 1. The van der Waals surface area contributed by atoms with E-state index in [1.807, 2.05) is 0 Å². The summed E-state index contributed by atoms with van der Waals surface area (Å²) in [5.41, 5.74) is -0.137.